The van der Waals surface area contributed by atoms with Gasteiger partial charge in [-0.3, -0.25) is 4.99 Å². The highest BCUT2D eigenvalue weighted by Crippen LogP contribution is 2.12. The van der Waals surface area contributed by atoms with Crippen molar-refractivity contribution in [2.24, 2.45) is 10.9 Å². The Kier molecular flexibility index (Phi) is 10.9. The smallest absolute Gasteiger partial charge is 0.191 e. The second-order valence-corrected chi connectivity index (χ2v) is 6.83. The molecular formula is C21H35N3O3. The van der Waals surface area contributed by atoms with E-state index in [1.54, 1.807) is 7.05 Å². The largest absolute Gasteiger partial charge is 0.381 e. The van der Waals surface area contributed by atoms with Gasteiger partial charge in [0.15, 0.2) is 5.96 Å². The van der Waals surface area contributed by atoms with Crippen LogP contribution in [0.4, 0.5) is 0 Å². The Morgan fingerprint density at radius 3 is 2.78 bits per heavy atom. The zero-order chi connectivity index (χ0) is 19.2. The van der Waals surface area contributed by atoms with Crippen LogP contribution in [0.3, 0.4) is 0 Å². The predicted molar refractivity (Wildman–Crippen MR) is 109 cm³/mol. The number of nitrogens with zero attached hydrogens (tertiary/aromatic N) is 1. The van der Waals surface area contributed by atoms with E-state index < -0.39 is 0 Å². The van der Waals surface area contributed by atoms with E-state index >= 15 is 0 Å². The molecule has 1 aromatic rings. The van der Waals surface area contributed by atoms with Crippen molar-refractivity contribution < 1.29 is 14.2 Å². The second kappa shape index (κ2) is 13.5. The molecule has 2 rings (SSSR count). The molecular weight excluding hydrogens is 342 g/mol. The van der Waals surface area contributed by atoms with Crippen LogP contribution >= 0.6 is 0 Å². The molecule has 0 amide bonds. The Morgan fingerprint density at radius 1 is 1.19 bits per heavy atom. The fraction of sp³-hybridized carbons (Fsp3) is 0.667. The highest BCUT2D eigenvalue weighted by atomic mass is 16.5. The van der Waals surface area contributed by atoms with Crippen molar-refractivity contribution >= 4 is 5.96 Å². The quantitative estimate of drug-likeness (QED) is 0.333. The van der Waals surface area contributed by atoms with E-state index in [9.17, 15) is 0 Å². The molecule has 152 valence electrons. The maximum atomic E-state index is 5.73. The first-order valence-electron chi connectivity index (χ1n) is 10.1. The van der Waals surface area contributed by atoms with Crippen LogP contribution in [0.5, 0.6) is 0 Å². The average Bonchev–Trinajstić information content (AvgIpc) is 3.21. The zero-order valence-corrected chi connectivity index (χ0v) is 16.8. The van der Waals surface area contributed by atoms with Gasteiger partial charge in [0, 0.05) is 45.9 Å². The van der Waals surface area contributed by atoms with Crippen LogP contribution in [-0.4, -0.2) is 52.6 Å². The third-order valence-corrected chi connectivity index (χ3v) is 4.53. The van der Waals surface area contributed by atoms with Crippen LogP contribution in [0.25, 0.3) is 0 Å². The number of nitrogens with one attached hydrogen (secondary N) is 2. The number of benzene rings is 1. The van der Waals surface area contributed by atoms with Gasteiger partial charge in [0.25, 0.3) is 0 Å². The SMILES string of the molecule is CCCOCc1ccccc1CNC(=NC)NCCCOCC1CCOC1. The van der Waals surface area contributed by atoms with E-state index in [0.29, 0.717) is 12.5 Å². The number of aliphatic imine (C=N–C) groups is 1. The van der Waals surface area contributed by atoms with Crippen molar-refractivity contribution in [3.63, 3.8) is 0 Å². The van der Waals surface area contributed by atoms with Crippen LogP contribution < -0.4 is 10.6 Å². The summed E-state index contributed by atoms with van der Waals surface area (Å²) in [4.78, 5) is 4.29. The summed E-state index contributed by atoms with van der Waals surface area (Å²) in [6.07, 6.45) is 3.12. The Bertz CT molecular complexity index is 545. The Hall–Kier alpha value is -1.63. The summed E-state index contributed by atoms with van der Waals surface area (Å²) in [5.41, 5.74) is 2.46. The second-order valence-electron chi connectivity index (χ2n) is 6.83. The molecule has 2 N–H and O–H groups in total. The maximum absolute atomic E-state index is 5.73. The first-order valence-corrected chi connectivity index (χ1v) is 10.1. The van der Waals surface area contributed by atoms with Crippen molar-refractivity contribution in [3.05, 3.63) is 35.4 Å². The number of hydrogen-bond donors (Lipinski definition) is 2. The van der Waals surface area contributed by atoms with Crippen LogP contribution in [0.1, 0.15) is 37.3 Å². The van der Waals surface area contributed by atoms with Gasteiger partial charge in [-0.25, -0.2) is 0 Å². The number of rotatable bonds is 12. The van der Waals surface area contributed by atoms with Crippen LogP contribution in [0.2, 0.25) is 0 Å². The molecule has 0 bridgehead atoms. The monoisotopic (exact) mass is 377 g/mol. The summed E-state index contributed by atoms with van der Waals surface area (Å²) in [6, 6.07) is 8.36. The molecule has 1 aromatic carbocycles. The molecule has 1 aliphatic heterocycles. The minimum Gasteiger partial charge on any atom is -0.381 e. The van der Waals surface area contributed by atoms with E-state index in [4.69, 9.17) is 14.2 Å². The van der Waals surface area contributed by atoms with E-state index in [1.165, 1.54) is 11.1 Å². The molecule has 0 aromatic heterocycles. The molecule has 0 spiro atoms. The first-order chi connectivity index (χ1) is 13.3. The van der Waals surface area contributed by atoms with Gasteiger partial charge in [0.1, 0.15) is 0 Å². The molecule has 1 saturated heterocycles. The standard InChI is InChI=1S/C21H35N3O3/c1-3-11-25-17-20-8-5-4-7-19(20)14-24-21(22-2)23-10-6-12-26-15-18-9-13-27-16-18/h4-5,7-8,18H,3,6,9-17H2,1-2H3,(H2,22,23,24). The Balaban J connectivity index is 1.62. The molecule has 0 saturated carbocycles. The third-order valence-electron chi connectivity index (χ3n) is 4.53. The van der Waals surface area contributed by atoms with Crippen molar-refractivity contribution in [3.8, 4) is 0 Å². The lowest BCUT2D eigenvalue weighted by molar-refractivity contribution is 0.0888. The van der Waals surface area contributed by atoms with Gasteiger partial charge in [-0.2, -0.15) is 0 Å². The fourth-order valence-electron chi connectivity index (χ4n) is 2.94. The van der Waals surface area contributed by atoms with Crippen LogP contribution in [0.15, 0.2) is 29.3 Å². The first kappa shape index (κ1) is 21.7. The van der Waals surface area contributed by atoms with Gasteiger partial charge in [-0.05, 0) is 30.4 Å². The molecule has 0 radical (unpaired) electrons. The molecule has 1 aliphatic rings. The molecule has 6 heteroatoms. The van der Waals surface area contributed by atoms with Gasteiger partial charge in [0.2, 0.25) is 0 Å². The van der Waals surface area contributed by atoms with E-state index in [-0.39, 0.29) is 0 Å². The zero-order valence-electron chi connectivity index (χ0n) is 16.8. The van der Waals surface area contributed by atoms with E-state index in [0.717, 1.165) is 71.3 Å². The average molecular weight is 378 g/mol. The van der Waals surface area contributed by atoms with Gasteiger partial charge in [0.05, 0.1) is 19.8 Å². The summed E-state index contributed by atoms with van der Waals surface area (Å²) in [5, 5.41) is 6.72. The molecule has 1 unspecified atom stereocenters. The lowest BCUT2D eigenvalue weighted by Gasteiger charge is -2.15. The van der Waals surface area contributed by atoms with Crippen molar-refractivity contribution in [2.75, 3.05) is 46.6 Å². The minimum absolute atomic E-state index is 0.578. The predicted octanol–water partition coefficient (Wildman–Crippen LogP) is 2.72. The maximum Gasteiger partial charge on any atom is 0.191 e. The van der Waals surface area contributed by atoms with Crippen LogP contribution in [0, 0.1) is 5.92 Å². The van der Waals surface area contributed by atoms with Crippen LogP contribution in [-0.2, 0) is 27.4 Å². The third kappa shape index (κ3) is 8.73. The summed E-state index contributed by atoms with van der Waals surface area (Å²) in [6.45, 7) is 8.43. The Labute approximate surface area is 163 Å². The summed E-state index contributed by atoms with van der Waals surface area (Å²) in [7, 11) is 1.79. The molecule has 1 atom stereocenters. The topological polar surface area (TPSA) is 64.1 Å². The molecule has 1 fully saturated rings. The van der Waals surface area contributed by atoms with Gasteiger partial charge in [-0.1, -0.05) is 31.2 Å². The van der Waals surface area contributed by atoms with Gasteiger partial charge in [-0.15, -0.1) is 0 Å². The van der Waals surface area contributed by atoms with Crippen molar-refractivity contribution in [2.45, 2.75) is 39.3 Å². The number of ether oxygens (including phenoxy) is 3. The number of hydrogen-bond acceptors (Lipinski definition) is 4. The lowest BCUT2D eigenvalue weighted by atomic mass is 10.1. The lowest BCUT2D eigenvalue weighted by Crippen LogP contribution is -2.37. The molecule has 27 heavy (non-hydrogen) atoms. The van der Waals surface area contributed by atoms with Gasteiger partial charge >= 0.3 is 0 Å². The summed E-state index contributed by atoms with van der Waals surface area (Å²) >= 11 is 0. The minimum atomic E-state index is 0.578. The number of guanidine groups is 1. The fourth-order valence-corrected chi connectivity index (χ4v) is 2.94. The van der Waals surface area contributed by atoms with Crippen molar-refractivity contribution in [1.82, 2.24) is 10.6 Å². The van der Waals surface area contributed by atoms with Crippen molar-refractivity contribution in [1.29, 1.82) is 0 Å². The summed E-state index contributed by atoms with van der Waals surface area (Å²) in [5.74, 6) is 1.39. The summed E-state index contributed by atoms with van der Waals surface area (Å²) < 4.78 is 16.8. The molecule has 6 nitrogen and oxygen atoms in total. The molecule has 1 heterocycles. The van der Waals surface area contributed by atoms with Gasteiger partial charge < -0.3 is 24.8 Å². The Morgan fingerprint density at radius 2 is 2.04 bits per heavy atom. The molecule has 0 aliphatic carbocycles. The normalized spacial score (nSPS) is 17.3. The highest BCUT2D eigenvalue weighted by molar-refractivity contribution is 5.79. The highest BCUT2D eigenvalue weighted by Gasteiger charge is 2.15. The van der Waals surface area contributed by atoms with E-state index in [1.807, 2.05) is 0 Å². The van der Waals surface area contributed by atoms with E-state index in [2.05, 4.69) is 46.8 Å².